The summed E-state index contributed by atoms with van der Waals surface area (Å²) in [6, 6.07) is 7.62. The molecule has 0 fully saturated rings. The molecule has 0 radical (unpaired) electrons. The lowest BCUT2D eigenvalue weighted by atomic mass is 9.92. The molecule has 1 atom stereocenters. The molecule has 0 spiro atoms. The minimum atomic E-state index is -0.821. The third-order valence-corrected chi connectivity index (χ3v) is 3.03. The van der Waals surface area contributed by atoms with Gasteiger partial charge in [0, 0.05) is 0 Å². The number of ether oxygens (including phenoxy) is 1. The van der Waals surface area contributed by atoms with Gasteiger partial charge in [-0.3, -0.25) is 0 Å². The van der Waals surface area contributed by atoms with Gasteiger partial charge >= 0.3 is 0 Å². The van der Waals surface area contributed by atoms with Crippen LogP contribution in [0.1, 0.15) is 32.8 Å². The Morgan fingerprint density at radius 3 is 2.72 bits per heavy atom. The molecule has 0 saturated carbocycles. The molecule has 1 unspecified atom stereocenters. The Balaban J connectivity index is 2.56. The van der Waals surface area contributed by atoms with Crippen LogP contribution in [-0.4, -0.2) is 25.3 Å². The van der Waals surface area contributed by atoms with Crippen molar-refractivity contribution in [2.24, 2.45) is 5.92 Å². The van der Waals surface area contributed by atoms with E-state index in [1.54, 1.807) is 7.11 Å². The highest BCUT2D eigenvalue weighted by Crippen LogP contribution is 2.26. The topological polar surface area (TPSA) is 41.5 Å². The van der Waals surface area contributed by atoms with Crippen molar-refractivity contribution in [3.63, 3.8) is 0 Å². The SMILES string of the molecule is COc1cccc(C(C)(O)CCNCC(C)C)c1. The van der Waals surface area contributed by atoms with Crippen LogP contribution in [0.3, 0.4) is 0 Å². The maximum atomic E-state index is 10.5. The third-order valence-electron chi connectivity index (χ3n) is 3.03. The molecule has 1 aromatic rings. The number of nitrogens with one attached hydrogen (secondary N) is 1. The fourth-order valence-electron chi connectivity index (χ4n) is 1.82. The van der Waals surface area contributed by atoms with Gasteiger partial charge in [-0.15, -0.1) is 0 Å². The van der Waals surface area contributed by atoms with Gasteiger partial charge < -0.3 is 15.2 Å². The lowest BCUT2D eigenvalue weighted by molar-refractivity contribution is 0.0476. The van der Waals surface area contributed by atoms with E-state index in [4.69, 9.17) is 4.74 Å². The molecular weight excluding hydrogens is 226 g/mol. The summed E-state index contributed by atoms with van der Waals surface area (Å²) in [5.41, 5.74) is 0.0756. The molecule has 0 aliphatic rings. The van der Waals surface area contributed by atoms with E-state index in [1.807, 2.05) is 31.2 Å². The van der Waals surface area contributed by atoms with Crippen molar-refractivity contribution in [2.75, 3.05) is 20.2 Å². The molecule has 2 N–H and O–H groups in total. The Labute approximate surface area is 110 Å². The van der Waals surface area contributed by atoms with Crippen LogP contribution in [0, 0.1) is 5.92 Å². The highest BCUT2D eigenvalue weighted by Gasteiger charge is 2.22. The summed E-state index contributed by atoms with van der Waals surface area (Å²) < 4.78 is 5.18. The second-order valence-corrected chi connectivity index (χ2v) is 5.35. The van der Waals surface area contributed by atoms with Gasteiger partial charge in [0.25, 0.3) is 0 Å². The number of rotatable bonds is 7. The average molecular weight is 251 g/mol. The molecule has 0 bridgehead atoms. The molecule has 0 heterocycles. The zero-order chi connectivity index (χ0) is 13.6. The van der Waals surface area contributed by atoms with E-state index in [0.29, 0.717) is 12.3 Å². The molecule has 0 aliphatic carbocycles. The van der Waals surface area contributed by atoms with Crippen LogP contribution in [0.5, 0.6) is 5.75 Å². The van der Waals surface area contributed by atoms with E-state index < -0.39 is 5.60 Å². The number of aliphatic hydroxyl groups is 1. The summed E-state index contributed by atoms with van der Waals surface area (Å²) in [6.07, 6.45) is 0.687. The number of methoxy groups -OCH3 is 1. The van der Waals surface area contributed by atoms with Gasteiger partial charge in [0.1, 0.15) is 5.75 Å². The first kappa shape index (κ1) is 15.0. The highest BCUT2D eigenvalue weighted by atomic mass is 16.5. The lowest BCUT2D eigenvalue weighted by Gasteiger charge is -2.24. The van der Waals surface area contributed by atoms with Crippen molar-refractivity contribution < 1.29 is 9.84 Å². The predicted molar refractivity (Wildman–Crippen MR) is 74.9 cm³/mol. The molecule has 18 heavy (non-hydrogen) atoms. The van der Waals surface area contributed by atoms with E-state index in [9.17, 15) is 5.11 Å². The maximum absolute atomic E-state index is 10.5. The number of hydrogen-bond acceptors (Lipinski definition) is 3. The number of benzene rings is 1. The van der Waals surface area contributed by atoms with Gasteiger partial charge in [0.05, 0.1) is 12.7 Å². The Bertz CT molecular complexity index is 361. The van der Waals surface area contributed by atoms with E-state index in [-0.39, 0.29) is 0 Å². The standard InChI is InChI=1S/C15H25NO2/c1-12(2)11-16-9-8-15(3,17)13-6-5-7-14(10-13)18-4/h5-7,10,12,16-17H,8-9,11H2,1-4H3. The van der Waals surface area contributed by atoms with Gasteiger partial charge in [-0.2, -0.15) is 0 Å². The summed E-state index contributed by atoms with van der Waals surface area (Å²) in [6.45, 7) is 7.98. The van der Waals surface area contributed by atoms with Gasteiger partial charge in [0.2, 0.25) is 0 Å². The van der Waals surface area contributed by atoms with Crippen LogP contribution in [0.25, 0.3) is 0 Å². The average Bonchev–Trinajstić information content (AvgIpc) is 2.34. The van der Waals surface area contributed by atoms with Crippen molar-refractivity contribution in [2.45, 2.75) is 32.8 Å². The molecule has 0 aromatic heterocycles. The first-order chi connectivity index (χ1) is 8.45. The zero-order valence-corrected chi connectivity index (χ0v) is 11.9. The first-order valence-corrected chi connectivity index (χ1v) is 6.53. The van der Waals surface area contributed by atoms with Crippen molar-refractivity contribution in [3.05, 3.63) is 29.8 Å². The summed E-state index contributed by atoms with van der Waals surface area (Å²) >= 11 is 0. The molecular formula is C15H25NO2. The Kier molecular flexibility index (Phi) is 5.63. The van der Waals surface area contributed by atoms with E-state index in [2.05, 4.69) is 19.2 Å². The third kappa shape index (κ3) is 4.67. The van der Waals surface area contributed by atoms with Crippen LogP contribution < -0.4 is 10.1 Å². The number of hydrogen-bond donors (Lipinski definition) is 2. The van der Waals surface area contributed by atoms with Crippen molar-refractivity contribution in [3.8, 4) is 5.75 Å². The molecule has 102 valence electrons. The van der Waals surface area contributed by atoms with Crippen LogP contribution in [0.15, 0.2) is 24.3 Å². The fourth-order valence-corrected chi connectivity index (χ4v) is 1.82. The van der Waals surface area contributed by atoms with E-state index in [1.165, 1.54) is 0 Å². The Morgan fingerprint density at radius 1 is 1.39 bits per heavy atom. The van der Waals surface area contributed by atoms with Gasteiger partial charge in [-0.05, 0) is 50.0 Å². The molecule has 0 saturated heterocycles. The van der Waals surface area contributed by atoms with Gasteiger partial charge in [0.15, 0.2) is 0 Å². The second-order valence-electron chi connectivity index (χ2n) is 5.35. The van der Waals surface area contributed by atoms with Gasteiger partial charge in [-0.1, -0.05) is 26.0 Å². The summed E-state index contributed by atoms with van der Waals surface area (Å²) in [4.78, 5) is 0. The normalized spacial score (nSPS) is 14.6. The minimum absolute atomic E-state index is 0.631. The van der Waals surface area contributed by atoms with Crippen LogP contribution in [-0.2, 0) is 5.60 Å². The summed E-state index contributed by atoms with van der Waals surface area (Å²) in [7, 11) is 1.64. The van der Waals surface area contributed by atoms with Crippen molar-refractivity contribution >= 4 is 0 Å². The first-order valence-electron chi connectivity index (χ1n) is 6.53. The Hall–Kier alpha value is -1.06. The Morgan fingerprint density at radius 2 is 2.11 bits per heavy atom. The van der Waals surface area contributed by atoms with Crippen molar-refractivity contribution in [1.29, 1.82) is 0 Å². The molecule has 0 amide bonds. The van der Waals surface area contributed by atoms with E-state index >= 15 is 0 Å². The molecule has 1 aromatic carbocycles. The fraction of sp³-hybridized carbons (Fsp3) is 0.600. The van der Waals surface area contributed by atoms with Crippen LogP contribution in [0.4, 0.5) is 0 Å². The lowest BCUT2D eigenvalue weighted by Crippen LogP contribution is -2.29. The second kappa shape index (κ2) is 6.76. The smallest absolute Gasteiger partial charge is 0.119 e. The molecule has 0 aliphatic heterocycles. The van der Waals surface area contributed by atoms with Crippen LogP contribution in [0.2, 0.25) is 0 Å². The van der Waals surface area contributed by atoms with Crippen LogP contribution >= 0.6 is 0 Å². The predicted octanol–water partition coefficient (Wildman–Crippen LogP) is 2.54. The monoisotopic (exact) mass is 251 g/mol. The van der Waals surface area contributed by atoms with E-state index in [0.717, 1.165) is 24.4 Å². The highest BCUT2D eigenvalue weighted by molar-refractivity contribution is 5.31. The molecule has 3 heteroatoms. The molecule has 3 nitrogen and oxygen atoms in total. The quantitative estimate of drug-likeness (QED) is 0.732. The van der Waals surface area contributed by atoms with Crippen molar-refractivity contribution in [1.82, 2.24) is 5.32 Å². The zero-order valence-electron chi connectivity index (χ0n) is 11.9. The minimum Gasteiger partial charge on any atom is -0.497 e. The summed E-state index contributed by atoms with van der Waals surface area (Å²) in [5, 5.41) is 13.8. The largest absolute Gasteiger partial charge is 0.497 e. The molecule has 1 rings (SSSR count). The maximum Gasteiger partial charge on any atom is 0.119 e. The summed E-state index contributed by atoms with van der Waals surface area (Å²) in [5.74, 6) is 1.41. The van der Waals surface area contributed by atoms with Gasteiger partial charge in [-0.25, -0.2) is 0 Å².